The van der Waals surface area contributed by atoms with Gasteiger partial charge in [-0.1, -0.05) is 0 Å². The smallest absolute Gasteiger partial charge is 0.303 e. The summed E-state index contributed by atoms with van der Waals surface area (Å²) in [7, 11) is 0. The highest BCUT2D eigenvalue weighted by Crippen LogP contribution is 2.28. The number of rotatable bonds is 5. The average Bonchev–Trinajstić information content (AvgIpc) is 3.08. The number of furan rings is 1. The van der Waals surface area contributed by atoms with Gasteiger partial charge < -0.3 is 9.52 Å². The van der Waals surface area contributed by atoms with Crippen molar-refractivity contribution in [2.45, 2.75) is 26.2 Å². The standard InChI is InChI=1S/C14H14N2O3S/c1-9-13(11-5-3-7-19-11)15-14-16(9)10(8-20-14)4-2-6-12(17)18/h3,5,7-8H,2,4,6H2,1H3,(H,17,18). The lowest BCUT2D eigenvalue weighted by Gasteiger charge is -2.01. The summed E-state index contributed by atoms with van der Waals surface area (Å²) in [6.07, 6.45) is 3.20. The molecule has 3 rings (SSSR count). The Balaban J connectivity index is 1.93. The molecule has 0 fully saturated rings. The molecule has 5 nitrogen and oxygen atoms in total. The fourth-order valence-corrected chi connectivity index (χ4v) is 3.27. The van der Waals surface area contributed by atoms with E-state index in [1.165, 1.54) is 0 Å². The summed E-state index contributed by atoms with van der Waals surface area (Å²) in [4.78, 5) is 16.1. The van der Waals surface area contributed by atoms with Crippen molar-refractivity contribution < 1.29 is 14.3 Å². The van der Waals surface area contributed by atoms with Crippen LogP contribution in [0.15, 0.2) is 28.2 Å². The van der Waals surface area contributed by atoms with Crippen LogP contribution in [0.2, 0.25) is 0 Å². The van der Waals surface area contributed by atoms with E-state index in [-0.39, 0.29) is 6.42 Å². The molecule has 1 N–H and O–H groups in total. The summed E-state index contributed by atoms with van der Waals surface area (Å²) >= 11 is 1.57. The van der Waals surface area contributed by atoms with E-state index in [9.17, 15) is 4.79 Å². The molecular formula is C14H14N2O3S. The van der Waals surface area contributed by atoms with Gasteiger partial charge >= 0.3 is 5.97 Å². The van der Waals surface area contributed by atoms with Crippen LogP contribution in [-0.4, -0.2) is 20.5 Å². The minimum Gasteiger partial charge on any atom is -0.481 e. The van der Waals surface area contributed by atoms with Gasteiger partial charge in [0.25, 0.3) is 0 Å². The Morgan fingerprint density at radius 1 is 1.55 bits per heavy atom. The van der Waals surface area contributed by atoms with Crippen LogP contribution in [0, 0.1) is 6.92 Å². The number of carboxylic acids is 1. The Hall–Kier alpha value is -2.08. The molecule has 3 aromatic heterocycles. The Morgan fingerprint density at radius 2 is 2.40 bits per heavy atom. The molecule has 0 radical (unpaired) electrons. The van der Waals surface area contributed by atoms with Crippen molar-refractivity contribution in [2.75, 3.05) is 0 Å². The molecule has 0 aliphatic carbocycles. The predicted octanol–water partition coefficient (Wildman–Crippen LogP) is 3.37. The molecule has 0 saturated carbocycles. The van der Waals surface area contributed by atoms with Crippen LogP contribution in [0.1, 0.15) is 24.2 Å². The highest BCUT2D eigenvalue weighted by atomic mass is 32.1. The number of aryl methyl sites for hydroxylation is 2. The van der Waals surface area contributed by atoms with Crippen LogP contribution in [0.4, 0.5) is 0 Å². The van der Waals surface area contributed by atoms with E-state index in [2.05, 4.69) is 9.38 Å². The third-order valence-corrected chi connectivity index (χ3v) is 4.12. The summed E-state index contributed by atoms with van der Waals surface area (Å²) in [6, 6.07) is 3.74. The Kier molecular flexibility index (Phi) is 3.31. The maximum absolute atomic E-state index is 10.6. The van der Waals surface area contributed by atoms with Gasteiger partial charge in [0.15, 0.2) is 10.7 Å². The van der Waals surface area contributed by atoms with Crippen LogP contribution in [-0.2, 0) is 11.2 Å². The van der Waals surface area contributed by atoms with Gasteiger partial charge in [-0.25, -0.2) is 4.98 Å². The van der Waals surface area contributed by atoms with E-state index in [0.717, 1.165) is 34.2 Å². The van der Waals surface area contributed by atoms with Crippen LogP contribution >= 0.6 is 11.3 Å². The first-order valence-corrected chi connectivity index (χ1v) is 7.26. The van der Waals surface area contributed by atoms with Gasteiger partial charge in [0.05, 0.1) is 12.0 Å². The molecule has 0 unspecified atom stereocenters. The van der Waals surface area contributed by atoms with Crippen molar-refractivity contribution in [3.63, 3.8) is 0 Å². The topological polar surface area (TPSA) is 67.7 Å². The molecule has 104 valence electrons. The van der Waals surface area contributed by atoms with E-state index in [1.807, 2.05) is 24.4 Å². The van der Waals surface area contributed by atoms with Crippen molar-refractivity contribution in [1.82, 2.24) is 9.38 Å². The summed E-state index contributed by atoms with van der Waals surface area (Å²) in [5, 5.41) is 10.8. The number of thiazole rings is 1. The van der Waals surface area contributed by atoms with Gasteiger partial charge in [-0.05, 0) is 31.9 Å². The van der Waals surface area contributed by atoms with Gasteiger partial charge in [0.1, 0.15) is 5.69 Å². The largest absolute Gasteiger partial charge is 0.481 e. The van der Waals surface area contributed by atoms with Gasteiger partial charge in [0.2, 0.25) is 0 Å². The average molecular weight is 290 g/mol. The monoisotopic (exact) mass is 290 g/mol. The number of aliphatic carboxylic acids is 1. The highest BCUT2D eigenvalue weighted by molar-refractivity contribution is 7.15. The van der Waals surface area contributed by atoms with Gasteiger partial charge in [-0.3, -0.25) is 9.20 Å². The highest BCUT2D eigenvalue weighted by Gasteiger charge is 2.16. The van der Waals surface area contributed by atoms with Crippen LogP contribution < -0.4 is 0 Å². The summed E-state index contributed by atoms with van der Waals surface area (Å²) in [6.45, 7) is 2.01. The lowest BCUT2D eigenvalue weighted by molar-refractivity contribution is -0.137. The maximum atomic E-state index is 10.6. The zero-order chi connectivity index (χ0) is 14.1. The van der Waals surface area contributed by atoms with E-state index in [1.54, 1.807) is 17.6 Å². The second kappa shape index (κ2) is 5.13. The quantitative estimate of drug-likeness (QED) is 0.782. The predicted molar refractivity (Wildman–Crippen MR) is 76.1 cm³/mol. The number of carboxylic acid groups (broad SMARTS) is 1. The van der Waals surface area contributed by atoms with Gasteiger partial charge in [-0.2, -0.15) is 0 Å². The molecule has 0 aliphatic rings. The molecule has 0 aromatic carbocycles. The molecule has 20 heavy (non-hydrogen) atoms. The molecule has 0 saturated heterocycles. The van der Waals surface area contributed by atoms with Crippen LogP contribution in [0.5, 0.6) is 0 Å². The van der Waals surface area contributed by atoms with Crippen molar-refractivity contribution in [1.29, 1.82) is 0 Å². The van der Waals surface area contributed by atoms with Crippen molar-refractivity contribution in [3.8, 4) is 11.5 Å². The summed E-state index contributed by atoms with van der Waals surface area (Å²) < 4.78 is 7.49. The minimum atomic E-state index is -0.755. The number of imidazole rings is 1. The second-order valence-electron chi connectivity index (χ2n) is 4.62. The molecule has 0 bridgehead atoms. The molecule has 3 aromatic rings. The number of aromatic nitrogens is 2. The minimum absolute atomic E-state index is 0.191. The lowest BCUT2D eigenvalue weighted by atomic mass is 10.2. The first-order valence-electron chi connectivity index (χ1n) is 6.38. The van der Waals surface area contributed by atoms with Crippen LogP contribution in [0.3, 0.4) is 0 Å². The zero-order valence-electron chi connectivity index (χ0n) is 11.0. The second-order valence-corrected chi connectivity index (χ2v) is 5.45. The van der Waals surface area contributed by atoms with Crippen molar-refractivity contribution >= 4 is 22.3 Å². The number of fused-ring (bicyclic) bond motifs is 1. The molecule has 0 spiro atoms. The van der Waals surface area contributed by atoms with E-state index in [0.29, 0.717) is 6.42 Å². The number of hydrogen-bond donors (Lipinski definition) is 1. The molecule has 6 heteroatoms. The number of carbonyl (C=O) groups is 1. The van der Waals surface area contributed by atoms with Gasteiger partial charge in [0, 0.05) is 17.5 Å². The third-order valence-electron chi connectivity index (χ3n) is 3.24. The summed E-state index contributed by atoms with van der Waals surface area (Å²) in [5.74, 6) is 0.00462. The van der Waals surface area contributed by atoms with Crippen molar-refractivity contribution in [3.05, 3.63) is 35.2 Å². The van der Waals surface area contributed by atoms with E-state index >= 15 is 0 Å². The Morgan fingerprint density at radius 3 is 3.10 bits per heavy atom. The number of nitrogens with zero attached hydrogens (tertiary/aromatic N) is 2. The first-order chi connectivity index (χ1) is 9.66. The normalized spacial score (nSPS) is 11.2. The zero-order valence-corrected chi connectivity index (χ0v) is 11.8. The molecule has 0 amide bonds. The van der Waals surface area contributed by atoms with Crippen LogP contribution in [0.25, 0.3) is 16.4 Å². The summed E-state index contributed by atoms with van der Waals surface area (Å²) in [5.41, 5.74) is 2.98. The fourth-order valence-electron chi connectivity index (χ4n) is 2.30. The Bertz CT molecular complexity index is 740. The Labute approximate surface area is 119 Å². The first kappa shape index (κ1) is 12.9. The van der Waals surface area contributed by atoms with E-state index in [4.69, 9.17) is 9.52 Å². The maximum Gasteiger partial charge on any atom is 0.303 e. The van der Waals surface area contributed by atoms with E-state index < -0.39 is 5.97 Å². The van der Waals surface area contributed by atoms with Crippen molar-refractivity contribution in [2.24, 2.45) is 0 Å². The fraction of sp³-hybridized carbons (Fsp3) is 0.286. The lowest BCUT2D eigenvalue weighted by Crippen LogP contribution is -1.98. The van der Waals surface area contributed by atoms with Gasteiger partial charge in [-0.15, -0.1) is 11.3 Å². The SMILES string of the molecule is Cc1c(-c2ccco2)nc2scc(CCCC(=O)O)n12. The molecular weight excluding hydrogens is 276 g/mol. The molecule has 0 atom stereocenters. The third kappa shape index (κ3) is 2.22. The molecule has 0 aliphatic heterocycles. The number of hydrogen-bond acceptors (Lipinski definition) is 4. The molecule has 3 heterocycles.